The van der Waals surface area contributed by atoms with E-state index in [-0.39, 0.29) is 5.57 Å². The van der Waals surface area contributed by atoms with E-state index >= 15 is 0 Å². The van der Waals surface area contributed by atoms with E-state index in [0.29, 0.717) is 13.2 Å². The van der Waals surface area contributed by atoms with Gasteiger partial charge in [0.2, 0.25) is 0 Å². The van der Waals surface area contributed by atoms with Crippen LogP contribution in [0.1, 0.15) is 5.56 Å². The van der Waals surface area contributed by atoms with Gasteiger partial charge in [-0.3, -0.25) is 4.98 Å². The Morgan fingerprint density at radius 3 is 2.72 bits per heavy atom. The third kappa shape index (κ3) is 2.65. The number of rotatable bonds is 2. The molecule has 0 aliphatic carbocycles. The highest BCUT2D eigenvalue weighted by Crippen LogP contribution is 2.22. The largest absolute Gasteiger partial charge is 0.378 e. The predicted octanol–water partition coefficient (Wildman–Crippen LogP) is 1.35. The summed E-state index contributed by atoms with van der Waals surface area (Å²) in [6.07, 6.45) is 4.94. The SMILES string of the molecule is N#CC(C#N)=Cc1cnccc1N1CCOCC1. The Kier molecular flexibility index (Phi) is 3.90. The Balaban J connectivity index is 2.34. The van der Waals surface area contributed by atoms with Crippen molar-refractivity contribution in [1.29, 1.82) is 10.5 Å². The van der Waals surface area contributed by atoms with Crippen LogP contribution >= 0.6 is 0 Å². The van der Waals surface area contributed by atoms with E-state index in [1.54, 1.807) is 18.5 Å². The fourth-order valence-electron chi connectivity index (χ4n) is 1.85. The molecule has 5 heteroatoms. The number of ether oxygens (including phenoxy) is 1. The van der Waals surface area contributed by atoms with Gasteiger partial charge < -0.3 is 9.64 Å². The smallest absolute Gasteiger partial charge is 0.130 e. The molecule has 0 spiro atoms. The third-order valence-corrected chi connectivity index (χ3v) is 2.72. The Hall–Kier alpha value is -2.37. The van der Waals surface area contributed by atoms with E-state index < -0.39 is 0 Å². The van der Waals surface area contributed by atoms with E-state index in [2.05, 4.69) is 9.88 Å². The Morgan fingerprint density at radius 1 is 1.33 bits per heavy atom. The predicted molar refractivity (Wildman–Crippen MR) is 66.5 cm³/mol. The molecule has 0 amide bonds. The third-order valence-electron chi connectivity index (χ3n) is 2.72. The number of morpholine rings is 1. The number of allylic oxidation sites excluding steroid dienone is 1. The van der Waals surface area contributed by atoms with Crippen LogP contribution in [-0.4, -0.2) is 31.3 Å². The minimum atomic E-state index is 0.0810. The highest BCUT2D eigenvalue weighted by Gasteiger charge is 2.14. The number of nitrogens with zero attached hydrogens (tertiary/aromatic N) is 4. The van der Waals surface area contributed by atoms with Gasteiger partial charge >= 0.3 is 0 Å². The first-order chi connectivity index (χ1) is 8.85. The molecule has 0 atom stereocenters. The molecule has 0 aromatic carbocycles. The second kappa shape index (κ2) is 5.81. The first kappa shape index (κ1) is 12.1. The van der Waals surface area contributed by atoms with Gasteiger partial charge in [0.05, 0.1) is 13.2 Å². The first-order valence-electron chi connectivity index (χ1n) is 5.64. The number of hydrogen-bond donors (Lipinski definition) is 0. The molecular formula is C13H12N4O. The molecule has 0 radical (unpaired) electrons. The lowest BCUT2D eigenvalue weighted by Crippen LogP contribution is -2.36. The summed E-state index contributed by atoms with van der Waals surface area (Å²) in [5, 5.41) is 17.6. The molecule has 2 heterocycles. The normalized spacial score (nSPS) is 14.4. The van der Waals surface area contributed by atoms with Crippen molar-refractivity contribution in [1.82, 2.24) is 4.98 Å². The maximum atomic E-state index is 8.79. The van der Waals surface area contributed by atoms with E-state index in [1.165, 1.54) is 0 Å². The second-order valence-corrected chi connectivity index (χ2v) is 3.82. The zero-order valence-corrected chi connectivity index (χ0v) is 9.83. The number of aromatic nitrogens is 1. The minimum absolute atomic E-state index is 0.0810. The van der Waals surface area contributed by atoms with Gasteiger partial charge in [0.15, 0.2) is 0 Å². The van der Waals surface area contributed by atoms with E-state index in [0.717, 1.165) is 24.3 Å². The Labute approximate surface area is 106 Å². The molecule has 5 nitrogen and oxygen atoms in total. The summed E-state index contributed by atoms with van der Waals surface area (Å²) in [5.74, 6) is 0. The first-order valence-corrected chi connectivity index (χ1v) is 5.64. The zero-order chi connectivity index (χ0) is 12.8. The highest BCUT2D eigenvalue weighted by molar-refractivity contribution is 5.72. The molecule has 0 N–H and O–H groups in total. The quantitative estimate of drug-likeness (QED) is 0.729. The summed E-state index contributed by atoms with van der Waals surface area (Å²) < 4.78 is 5.31. The molecule has 0 saturated carbocycles. The van der Waals surface area contributed by atoms with Gasteiger partial charge in [-0.2, -0.15) is 10.5 Å². The number of pyridine rings is 1. The molecule has 2 rings (SSSR count). The van der Waals surface area contributed by atoms with Crippen LogP contribution in [0.3, 0.4) is 0 Å². The molecule has 90 valence electrons. The van der Waals surface area contributed by atoms with E-state index in [9.17, 15) is 0 Å². The number of anilines is 1. The van der Waals surface area contributed by atoms with Gasteiger partial charge in [-0.1, -0.05) is 0 Å². The fourth-order valence-corrected chi connectivity index (χ4v) is 1.85. The van der Waals surface area contributed by atoms with Crippen LogP contribution in [0.2, 0.25) is 0 Å². The lowest BCUT2D eigenvalue weighted by Gasteiger charge is -2.29. The van der Waals surface area contributed by atoms with Crippen LogP contribution in [0.15, 0.2) is 24.0 Å². The lowest BCUT2D eigenvalue weighted by molar-refractivity contribution is 0.122. The van der Waals surface area contributed by atoms with Crippen molar-refractivity contribution < 1.29 is 4.74 Å². The Bertz CT molecular complexity index is 517. The van der Waals surface area contributed by atoms with Crippen molar-refractivity contribution in [3.05, 3.63) is 29.6 Å². The maximum absolute atomic E-state index is 8.79. The van der Waals surface area contributed by atoms with Gasteiger partial charge in [-0.15, -0.1) is 0 Å². The Morgan fingerprint density at radius 2 is 2.06 bits per heavy atom. The maximum Gasteiger partial charge on any atom is 0.130 e. The zero-order valence-electron chi connectivity index (χ0n) is 9.83. The van der Waals surface area contributed by atoms with Crippen molar-refractivity contribution in [3.8, 4) is 12.1 Å². The lowest BCUT2D eigenvalue weighted by atomic mass is 10.1. The van der Waals surface area contributed by atoms with Crippen LogP contribution in [0.5, 0.6) is 0 Å². The van der Waals surface area contributed by atoms with Crippen molar-refractivity contribution in [2.45, 2.75) is 0 Å². The average molecular weight is 240 g/mol. The van der Waals surface area contributed by atoms with Gasteiger partial charge in [0.25, 0.3) is 0 Å². The highest BCUT2D eigenvalue weighted by atomic mass is 16.5. The number of hydrogen-bond acceptors (Lipinski definition) is 5. The van der Waals surface area contributed by atoms with Crippen molar-refractivity contribution in [2.24, 2.45) is 0 Å². The topological polar surface area (TPSA) is 72.9 Å². The van der Waals surface area contributed by atoms with Crippen molar-refractivity contribution in [2.75, 3.05) is 31.2 Å². The van der Waals surface area contributed by atoms with Gasteiger partial charge in [-0.25, -0.2) is 0 Å². The minimum Gasteiger partial charge on any atom is -0.378 e. The summed E-state index contributed by atoms with van der Waals surface area (Å²) in [5.41, 5.74) is 1.85. The van der Waals surface area contributed by atoms with Crippen molar-refractivity contribution in [3.63, 3.8) is 0 Å². The van der Waals surface area contributed by atoms with Gasteiger partial charge in [0, 0.05) is 36.7 Å². The van der Waals surface area contributed by atoms with Crippen LogP contribution in [-0.2, 0) is 4.74 Å². The average Bonchev–Trinajstić information content (AvgIpc) is 2.46. The fraction of sp³-hybridized carbons (Fsp3) is 0.308. The standard InChI is InChI=1S/C13H12N4O/c14-8-11(9-15)7-12-10-16-2-1-13(12)17-3-5-18-6-4-17/h1-2,7,10H,3-6H2. The van der Waals surface area contributed by atoms with Crippen LogP contribution < -0.4 is 4.90 Å². The van der Waals surface area contributed by atoms with Gasteiger partial charge in [-0.05, 0) is 12.1 Å². The summed E-state index contributed by atoms with van der Waals surface area (Å²) in [6.45, 7) is 2.99. The molecular weight excluding hydrogens is 228 g/mol. The molecule has 1 saturated heterocycles. The molecule has 1 aliphatic heterocycles. The molecule has 1 aliphatic rings. The van der Waals surface area contributed by atoms with Crippen molar-refractivity contribution >= 4 is 11.8 Å². The summed E-state index contributed by atoms with van der Waals surface area (Å²) in [4.78, 5) is 6.21. The molecule has 1 aromatic rings. The van der Waals surface area contributed by atoms with E-state index in [1.807, 2.05) is 18.2 Å². The van der Waals surface area contributed by atoms with E-state index in [4.69, 9.17) is 15.3 Å². The molecule has 0 bridgehead atoms. The summed E-state index contributed by atoms with van der Waals surface area (Å²) >= 11 is 0. The van der Waals surface area contributed by atoms with Crippen LogP contribution in [0.25, 0.3) is 6.08 Å². The molecule has 0 unspecified atom stereocenters. The summed E-state index contributed by atoms with van der Waals surface area (Å²) in [6, 6.07) is 5.61. The van der Waals surface area contributed by atoms with Crippen LogP contribution in [0, 0.1) is 22.7 Å². The summed E-state index contributed by atoms with van der Waals surface area (Å²) in [7, 11) is 0. The molecule has 1 aromatic heterocycles. The second-order valence-electron chi connectivity index (χ2n) is 3.82. The monoisotopic (exact) mass is 240 g/mol. The molecule has 1 fully saturated rings. The van der Waals surface area contributed by atoms with Crippen LogP contribution in [0.4, 0.5) is 5.69 Å². The molecule has 18 heavy (non-hydrogen) atoms. The van der Waals surface area contributed by atoms with Gasteiger partial charge in [0.1, 0.15) is 17.7 Å². The number of nitriles is 2.